The number of hydrogen-bond donors (Lipinski definition) is 3. The first-order valence-electron chi connectivity index (χ1n) is 6.55. The fourth-order valence-corrected chi connectivity index (χ4v) is 2.06. The van der Waals surface area contributed by atoms with Crippen molar-refractivity contribution in [2.24, 2.45) is 5.73 Å². The summed E-state index contributed by atoms with van der Waals surface area (Å²) in [6, 6.07) is 8.38. The van der Waals surface area contributed by atoms with Gasteiger partial charge in [-0.1, -0.05) is 23.7 Å². The Morgan fingerprint density at radius 1 is 1.22 bits per heavy atom. The number of benzene rings is 1. The summed E-state index contributed by atoms with van der Waals surface area (Å²) in [6.07, 6.45) is 3.84. The van der Waals surface area contributed by atoms with Crippen molar-refractivity contribution in [2.75, 3.05) is 19.7 Å². The fraction of sp³-hybridized carbons (Fsp3) is 0.571. The summed E-state index contributed by atoms with van der Waals surface area (Å²) in [7, 11) is 0. The molecular weight excluding hydrogens is 248 g/mol. The van der Waals surface area contributed by atoms with Crippen LogP contribution < -0.4 is 11.1 Å². The molecule has 0 saturated carbocycles. The van der Waals surface area contributed by atoms with Gasteiger partial charge in [-0.2, -0.15) is 0 Å². The van der Waals surface area contributed by atoms with E-state index in [2.05, 4.69) is 17.4 Å². The second-order valence-electron chi connectivity index (χ2n) is 4.49. The van der Waals surface area contributed by atoms with Gasteiger partial charge >= 0.3 is 0 Å². The number of hydrogen-bond acceptors (Lipinski definition) is 3. The molecule has 1 aromatic rings. The molecule has 0 aliphatic heterocycles. The van der Waals surface area contributed by atoms with Crippen LogP contribution in [0.2, 0.25) is 5.02 Å². The molecule has 1 unspecified atom stereocenters. The van der Waals surface area contributed by atoms with Crippen LogP contribution in [0, 0.1) is 0 Å². The minimum Gasteiger partial charge on any atom is -0.396 e. The highest BCUT2D eigenvalue weighted by molar-refractivity contribution is 6.30. The molecule has 0 spiro atoms. The topological polar surface area (TPSA) is 58.3 Å². The van der Waals surface area contributed by atoms with Crippen molar-refractivity contribution >= 4 is 11.6 Å². The highest BCUT2D eigenvalue weighted by Crippen LogP contribution is 2.12. The second kappa shape index (κ2) is 9.34. The molecule has 0 fully saturated rings. The van der Waals surface area contributed by atoms with Crippen LogP contribution in [0.5, 0.6) is 0 Å². The molecule has 0 heterocycles. The van der Waals surface area contributed by atoms with E-state index < -0.39 is 0 Å². The zero-order valence-corrected chi connectivity index (χ0v) is 11.5. The SMILES string of the molecule is NCCCC(Cc1ccc(Cl)cc1)NCCCO. The van der Waals surface area contributed by atoms with Gasteiger partial charge in [0.2, 0.25) is 0 Å². The summed E-state index contributed by atoms with van der Waals surface area (Å²) in [5.41, 5.74) is 6.84. The zero-order chi connectivity index (χ0) is 13.2. The van der Waals surface area contributed by atoms with E-state index in [9.17, 15) is 0 Å². The Balaban J connectivity index is 2.45. The number of nitrogens with one attached hydrogen (secondary N) is 1. The first-order chi connectivity index (χ1) is 8.76. The number of aliphatic hydroxyl groups excluding tert-OH is 1. The van der Waals surface area contributed by atoms with E-state index in [1.54, 1.807) is 0 Å². The third kappa shape index (κ3) is 6.36. The molecule has 4 N–H and O–H groups in total. The molecule has 0 radical (unpaired) electrons. The fourth-order valence-electron chi connectivity index (χ4n) is 1.93. The van der Waals surface area contributed by atoms with Gasteiger partial charge in [-0.3, -0.25) is 0 Å². The lowest BCUT2D eigenvalue weighted by atomic mass is 10.0. The molecule has 4 heteroatoms. The van der Waals surface area contributed by atoms with Crippen LogP contribution in [0.3, 0.4) is 0 Å². The van der Waals surface area contributed by atoms with Crippen LogP contribution in [-0.2, 0) is 6.42 Å². The summed E-state index contributed by atoms with van der Waals surface area (Å²) >= 11 is 5.87. The third-order valence-corrected chi connectivity index (χ3v) is 3.17. The lowest BCUT2D eigenvalue weighted by molar-refractivity contribution is 0.282. The van der Waals surface area contributed by atoms with Crippen molar-refractivity contribution in [2.45, 2.75) is 31.7 Å². The second-order valence-corrected chi connectivity index (χ2v) is 4.93. The Labute approximate surface area is 114 Å². The molecule has 0 amide bonds. The Bertz CT molecular complexity index is 316. The maximum atomic E-state index is 8.80. The summed E-state index contributed by atoms with van der Waals surface area (Å²) in [4.78, 5) is 0. The van der Waals surface area contributed by atoms with Crippen LogP contribution in [0.15, 0.2) is 24.3 Å². The van der Waals surface area contributed by atoms with Gasteiger partial charge in [0.25, 0.3) is 0 Å². The van der Waals surface area contributed by atoms with Crippen molar-refractivity contribution in [3.05, 3.63) is 34.9 Å². The molecular formula is C14H23ClN2O. The molecule has 0 saturated heterocycles. The number of nitrogens with two attached hydrogens (primary N) is 1. The van der Waals surface area contributed by atoms with Crippen molar-refractivity contribution in [3.63, 3.8) is 0 Å². The first-order valence-corrected chi connectivity index (χ1v) is 6.93. The molecule has 3 nitrogen and oxygen atoms in total. The molecule has 0 aliphatic rings. The molecule has 0 bridgehead atoms. The average molecular weight is 271 g/mol. The lowest BCUT2D eigenvalue weighted by Crippen LogP contribution is -2.33. The monoisotopic (exact) mass is 270 g/mol. The van der Waals surface area contributed by atoms with Crippen molar-refractivity contribution < 1.29 is 5.11 Å². The van der Waals surface area contributed by atoms with E-state index >= 15 is 0 Å². The van der Waals surface area contributed by atoms with E-state index in [0.717, 1.165) is 43.8 Å². The maximum absolute atomic E-state index is 8.80. The highest BCUT2D eigenvalue weighted by atomic mass is 35.5. The molecule has 0 aliphatic carbocycles. The van der Waals surface area contributed by atoms with E-state index in [4.69, 9.17) is 22.4 Å². The standard InChI is InChI=1S/C14H23ClN2O/c15-13-6-4-12(5-7-13)11-14(3-1-8-16)17-9-2-10-18/h4-7,14,17-18H,1-3,8-11,16H2. The molecule has 18 heavy (non-hydrogen) atoms. The zero-order valence-electron chi connectivity index (χ0n) is 10.7. The van der Waals surface area contributed by atoms with Gasteiger partial charge in [-0.05, 0) is 56.5 Å². The summed E-state index contributed by atoms with van der Waals surface area (Å²) in [6.45, 7) is 1.80. The predicted octanol–water partition coefficient (Wildman–Crippen LogP) is 1.96. The summed E-state index contributed by atoms with van der Waals surface area (Å²) in [5, 5.41) is 13.0. The molecule has 0 aromatic heterocycles. The van der Waals surface area contributed by atoms with Crippen molar-refractivity contribution in [3.8, 4) is 0 Å². The maximum Gasteiger partial charge on any atom is 0.0443 e. The Morgan fingerprint density at radius 2 is 1.94 bits per heavy atom. The number of aliphatic hydroxyl groups is 1. The van der Waals surface area contributed by atoms with E-state index in [-0.39, 0.29) is 6.61 Å². The lowest BCUT2D eigenvalue weighted by Gasteiger charge is -2.18. The number of rotatable bonds is 9. The van der Waals surface area contributed by atoms with Gasteiger partial charge in [0, 0.05) is 17.7 Å². The normalized spacial score (nSPS) is 12.6. The van der Waals surface area contributed by atoms with Gasteiger partial charge in [0.1, 0.15) is 0 Å². The minimum atomic E-state index is 0.234. The van der Waals surface area contributed by atoms with Gasteiger partial charge in [0.15, 0.2) is 0 Å². The highest BCUT2D eigenvalue weighted by Gasteiger charge is 2.08. The van der Waals surface area contributed by atoms with Gasteiger partial charge in [-0.25, -0.2) is 0 Å². The Hall–Kier alpha value is -0.610. The summed E-state index contributed by atoms with van der Waals surface area (Å²) in [5.74, 6) is 0. The smallest absolute Gasteiger partial charge is 0.0443 e. The Kier molecular flexibility index (Phi) is 8.01. The van der Waals surface area contributed by atoms with E-state index in [1.165, 1.54) is 5.56 Å². The minimum absolute atomic E-state index is 0.234. The quantitative estimate of drug-likeness (QED) is 0.601. The first kappa shape index (κ1) is 15.4. The molecule has 1 rings (SSSR count). The van der Waals surface area contributed by atoms with Crippen molar-refractivity contribution in [1.82, 2.24) is 5.32 Å². The van der Waals surface area contributed by atoms with Crippen molar-refractivity contribution in [1.29, 1.82) is 0 Å². The van der Waals surface area contributed by atoms with Crippen LogP contribution in [0.4, 0.5) is 0 Å². The van der Waals surface area contributed by atoms with Crippen LogP contribution in [-0.4, -0.2) is 30.8 Å². The molecule has 1 aromatic carbocycles. The van der Waals surface area contributed by atoms with Gasteiger partial charge < -0.3 is 16.2 Å². The summed E-state index contributed by atoms with van der Waals surface area (Å²) < 4.78 is 0. The van der Waals surface area contributed by atoms with Gasteiger partial charge in [-0.15, -0.1) is 0 Å². The third-order valence-electron chi connectivity index (χ3n) is 2.92. The van der Waals surface area contributed by atoms with E-state index in [1.807, 2.05) is 12.1 Å². The molecule has 102 valence electrons. The van der Waals surface area contributed by atoms with Crippen LogP contribution in [0.1, 0.15) is 24.8 Å². The van der Waals surface area contributed by atoms with Crippen LogP contribution in [0.25, 0.3) is 0 Å². The van der Waals surface area contributed by atoms with Gasteiger partial charge in [0.05, 0.1) is 0 Å². The number of halogens is 1. The Morgan fingerprint density at radius 3 is 2.56 bits per heavy atom. The average Bonchev–Trinajstić information content (AvgIpc) is 2.38. The predicted molar refractivity (Wildman–Crippen MR) is 76.9 cm³/mol. The molecule has 1 atom stereocenters. The largest absolute Gasteiger partial charge is 0.396 e. The van der Waals surface area contributed by atoms with Crippen LogP contribution >= 0.6 is 11.6 Å². The van der Waals surface area contributed by atoms with E-state index in [0.29, 0.717) is 6.04 Å².